The number of thiazole rings is 1. The summed E-state index contributed by atoms with van der Waals surface area (Å²) >= 11 is 1.38. The highest BCUT2D eigenvalue weighted by Crippen LogP contribution is 2.25. The van der Waals surface area contributed by atoms with E-state index in [0.29, 0.717) is 22.8 Å². The lowest BCUT2D eigenvalue weighted by molar-refractivity contribution is -0.115. The summed E-state index contributed by atoms with van der Waals surface area (Å²) in [5.41, 5.74) is 4.20. The van der Waals surface area contributed by atoms with Crippen molar-refractivity contribution in [3.05, 3.63) is 65.0 Å². The molecular formula is C21H21N3O2S. The number of aromatic nitrogens is 1. The Kier molecular flexibility index (Phi) is 5.98. The molecule has 2 N–H and O–H groups in total. The van der Waals surface area contributed by atoms with Gasteiger partial charge in [0.25, 0.3) is 5.91 Å². The molecule has 6 heteroatoms. The molecule has 0 unspecified atom stereocenters. The Labute approximate surface area is 162 Å². The maximum absolute atomic E-state index is 12.5. The van der Waals surface area contributed by atoms with Crippen molar-refractivity contribution in [3.63, 3.8) is 0 Å². The van der Waals surface area contributed by atoms with Crippen molar-refractivity contribution in [1.29, 1.82) is 0 Å². The summed E-state index contributed by atoms with van der Waals surface area (Å²) in [5, 5.41) is 8.04. The summed E-state index contributed by atoms with van der Waals surface area (Å²) in [6.07, 6.45) is 1.38. The van der Waals surface area contributed by atoms with Gasteiger partial charge in [-0.2, -0.15) is 0 Å². The number of hydrogen-bond acceptors (Lipinski definition) is 4. The van der Waals surface area contributed by atoms with Gasteiger partial charge in [-0.3, -0.25) is 14.9 Å². The summed E-state index contributed by atoms with van der Waals surface area (Å²) in [6.45, 7) is 3.90. The Morgan fingerprint density at radius 2 is 1.81 bits per heavy atom. The standard InChI is InChI=1S/C21H21N3O2S/c1-3-14-8-10-15(11-9-14)18-13-27-21(23-18)24-20(26)16-6-5-7-17(12-16)22-19(25)4-2/h5-13H,3-4H2,1-2H3,(H,22,25)(H,23,24,26). The molecular weight excluding hydrogens is 358 g/mol. The van der Waals surface area contributed by atoms with Crippen LogP contribution in [0.3, 0.4) is 0 Å². The zero-order valence-corrected chi connectivity index (χ0v) is 16.1. The van der Waals surface area contributed by atoms with Gasteiger partial charge in [-0.05, 0) is 30.2 Å². The number of aryl methyl sites for hydroxylation is 1. The first-order valence-corrected chi connectivity index (χ1v) is 9.73. The molecule has 0 atom stereocenters. The molecule has 3 rings (SSSR count). The van der Waals surface area contributed by atoms with E-state index in [2.05, 4.69) is 34.7 Å². The zero-order chi connectivity index (χ0) is 19.2. The van der Waals surface area contributed by atoms with E-state index in [4.69, 9.17) is 0 Å². The molecule has 0 bridgehead atoms. The lowest BCUT2D eigenvalue weighted by atomic mass is 10.1. The monoisotopic (exact) mass is 379 g/mol. The van der Waals surface area contributed by atoms with Crippen molar-refractivity contribution in [1.82, 2.24) is 4.98 Å². The largest absolute Gasteiger partial charge is 0.326 e. The van der Waals surface area contributed by atoms with Crippen molar-refractivity contribution in [3.8, 4) is 11.3 Å². The van der Waals surface area contributed by atoms with Gasteiger partial charge < -0.3 is 5.32 Å². The summed E-state index contributed by atoms with van der Waals surface area (Å²) in [5.74, 6) is -0.351. The fourth-order valence-corrected chi connectivity index (χ4v) is 3.25. The number of anilines is 2. The normalized spacial score (nSPS) is 10.4. The first-order valence-electron chi connectivity index (χ1n) is 8.85. The van der Waals surface area contributed by atoms with E-state index >= 15 is 0 Å². The second-order valence-electron chi connectivity index (χ2n) is 6.03. The minimum Gasteiger partial charge on any atom is -0.326 e. The van der Waals surface area contributed by atoms with E-state index in [0.717, 1.165) is 17.7 Å². The number of benzene rings is 2. The van der Waals surface area contributed by atoms with Gasteiger partial charge in [0.15, 0.2) is 5.13 Å². The number of nitrogens with zero attached hydrogens (tertiary/aromatic N) is 1. The van der Waals surface area contributed by atoms with Crippen molar-refractivity contribution in [2.75, 3.05) is 10.6 Å². The number of nitrogens with one attached hydrogen (secondary N) is 2. The van der Waals surface area contributed by atoms with E-state index in [1.165, 1.54) is 16.9 Å². The third kappa shape index (κ3) is 4.80. The minimum atomic E-state index is -0.259. The quantitative estimate of drug-likeness (QED) is 0.635. The number of hydrogen-bond donors (Lipinski definition) is 2. The fourth-order valence-electron chi connectivity index (χ4n) is 2.53. The van der Waals surface area contributed by atoms with E-state index in [-0.39, 0.29) is 11.8 Å². The Balaban J connectivity index is 1.70. The van der Waals surface area contributed by atoms with Gasteiger partial charge >= 0.3 is 0 Å². The maximum atomic E-state index is 12.5. The van der Waals surface area contributed by atoms with E-state index in [9.17, 15) is 9.59 Å². The first kappa shape index (κ1) is 18.8. The predicted octanol–water partition coefficient (Wildman–Crippen LogP) is 4.97. The van der Waals surface area contributed by atoms with Crippen LogP contribution in [0.5, 0.6) is 0 Å². The first-order chi connectivity index (χ1) is 13.1. The molecule has 1 heterocycles. The molecule has 1 aromatic heterocycles. The molecule has 2 amide bonds. The minimum absolute atomic E-state index is 0.0915. The summed E-state index contributed by atoms with van der Waals surface area (Å²) < 4.78 is 0. The molecule has 0 spiro atoms. The number of carbonyl (C=O) groups is 2. The van der Waals surface area contributed by atoms with Crippen LogP contribution in [0.4, 0.5) is 10.8 Å². The van der Waals surface area contributed by atoms with E-state index in [1.807, 2.05) is 17.5 Å². The molecule has 0 aliphatic carbocycles. The Hall–Kier alpha value is -2.99. The zero-order valence-electron chi connectivity index (χ0n) is 15.3. The molecule has 0 saturated heterocycles. The van der Waals surface area contributed by atoms with Crippen LogP contribution in [0.1, 0.15) is 36.2 Å². The van der Waals surface area contributed by atoms with Crippen LogP contribution in [0.15, 0.2) is 53.9 Å². The SMILES string of the molecule is CCC(=O)Nc1cccc(C(=O)Nc2nc(-c3ccc(CC)cc3)cs2)c1. The number of amides is 2. The Morgan fingerprint density at radius 1 is 1.04 bits per heavy atom. The molecule has 2 aromatic carbocycles. The average molecular weight is 379 g/mol. The van der Waals surface area contributed by atoms with Crippen LogP contribution in [0.2, 0.25) is 0 Å². The molecule has 3 aromatic rings. The molecule has 0 aliphatic rings. The molecule has 0 radical (unpaired) electrons. The molecule has 27 heavy (non-hydrogen) atoms. The number of carbonyl (C=O) groups excluding carboxylic acids is 2. The van der Waals surface area contributed by atoms with Crippen LogP contribution >= 0.6 is 11.3 Å². The maximum Gasteiger partial charge on any atom is 0.257 e. The van der Waals surface area contributed by atoms with Crippen molar-refractivity contribution in [2.24, 2.45) is 0 Å². The topological polar surface area (TPSA) is 71.1 Å². The van der Waals surface area contributed by atoms with Crippen LogP contribution < -0.4 is 10.6 Å². The van der Waals surface area contributed by atoms with Gasteiger partial charge in [0, 0.05) is 28.6 Å². The van der Waals surface area contributed by atoms with Crippen molar-refractivity contribution in [2.45, 2.75) is 26.7 Å². The third-order valence-electron chi connectivity index (χ3n) is 4.11. The van der Waals surface area contributed by atoms with Crippen LogP contribution in [0.25, 0.3) is 11.3 Å². The summed E-state index contributed by atoms with van der Waals surface area (Å²) in [4.78, 5) is 28.5. The Bertz CT molecular complexity index is 948. The van der Waals surface area contributed by atoms with E-state index in [1.54, 1.807) is 31.2 Å². The van der Waals surface area contributed by atoms with Gasteiger partial charge in [0.2, 0.25) is 5.91 Å². The van der Waals surface area contributed by atoms with Crippen molar-refractivity contribution >= 4 is 34.0 Å². The van der Waals surface area contributed by atoms with Crippen LogP contribution in [-0.2, 0) is 11.2 Å². The highest BCUT2D eigenvalue weighted by Gasteiger charge is 2.11. The molecule has 0 fully saturated rings. The molecule has 0 aliphatic heterocycles. The highest BCUT2D eigenvalue weighted by molar-refractivity contribution is 7.14. The van der Waals surface area contributed by atoms with Gasteiger partial charge in [-0.15, -0.1) is 11.3 Å². The second kappa shape index (κ2) is 8.60. The molecule has 138 valence electrons. The van der Waals surface area contributed by atoms with Crippen LogP contribution in [0, 0.1) is 0 Å². The van der Waals surface area contributed by atoms with Gasteiger partial charge in [-0.25, -0.2) is 4.98 Å². The van der Waals surface area contributed by atoms with Gasteiger partial charge in [0.05, 0.1) is 5.69 Å². The average Bonchev–Trinajstić information content (AvgIpc) is 3.16. The lowest BCUT2D eigenvalue weighted by Gasteiger charge is -2.06. The molecule has 0 saturated carbocycles. The van der Waals surface area contributed by atoms with Crippen LogP contribution in [-0.4, -0.2) is 16.8 Å². The summed E-state index contributed by atoms with van der Waals surface area (Å²) in [7, 11) is 0. The molecule has 5 nitrogen and oxygen atoms in total. The van der Waals surface area contributed by atoms with Gasteiger partial charge in [0.1, 0.15) is 0 Å². The smallest absolute Gasteiger partial charge is 0.257 e. The fraction of sp³-hybridized carbons (Fsp3) is 0.190. The predicted molar refractivity (Wildman–Crippen MR) is 110 cm³/mol. The van der Waals surface area contributed by atoms with Gasteiger partial charge in [-0.1, -0.05) is 44.2 Å². The second-order valence-corrected chi connectivity index (χ2v) is 6.88. The Morgan fingerprint density at radius 3 is 2.52 bits per heavy atom. The summed E-state index contributed by atoms with van der Waals surface area (Å²) in [6, 6.07) is 15.1. The lowest BCUT2D eigenvalue weighted by Crippen LogP contribution is -2.13. The van der Waals surface area contributed by atoms with E-state index < -0.39 is 0 Å². The third-order valence-corrected chi connectivity index (χ3v) is 4.87. The number of rotatable bonds is 6. The highest BCUT2D eigenvalue weighted by atomic mass is 32.1. The van der Waals surface area contributed by atoms with Crippen molar-refractivity contribution < 1.29 is 9.59 Å².